The lowest BCUT2D eigenvalue weighted by Gasteiger charge is -2.31. The molecule has 2 atom stereocenters. The molecule has 0 fully saturated rings. The van der Waals surface area contributed by atoms with Crippen molar-refractivity contribution in [2.45, 2.75) is 45.2 Å². The van der Waals surface area contributed by atoms with Crippen molar-refractivity contribution >= 4 is 11.6 Å². The molecule has 1 heterocycles. The van der Waals surface area contributed by atoms with Crippen molar-refractivity contribution in [1.82, 2.24) is 5.32 Å². The Morgan fingerprint density at radius 2 is 2.12 bits per heavy atom. The van der Waals surface area contributed by atoms with Crippen LogP contribution in [0, 0.1) is 0 Å². The molecule has 0 radical (unpaired) electrons. The van der Waals surface area contributed by atoms with Crippen LogP contribution in [0.5, 0.6) is 0 Å². The number of benzene rings is 1. The van der Waals surface area contributed by atoms with E-state index in [-0.39, 0.29) is 17.9 Å². The maximum atomic E-state index is 12.2. The molecular weight excluding hydrogens is 212 g/mol. The minimum absolute atomic E-state index is 0.0233. The van der Waals surface area contributed by atoms with Gasteiger partial charge in [-0.05, 0) is 38.8 Å². The van der Waals surface area contributed by atoms with Crippen LogP contribution in [0.4, 0.5) is 5.69 Å². The molecule has 2 N–H and O–H groups in total. The molecule has 1 aromatic carbocycles. The van der Waals surface area contributed by atoms with Gasteiger partial charge in [0.15, 0.2) is 0 Å². The fourth-order valence-electron chi connectivity index (χ4n) is 2.37. The molecule has 3 nitrogen and oxygen atoms in total. The normalized spacial score (nSPS) is 22.8. The summed E-state index contributed by atoms with van der Waals surface area (Å²) in [6.45, 7) is 6.11. The Balaban J connectivity index is 2.26. The Hall–Kier alpha value is -1.51. The zero-order valence-electron chi connectivity index (χ0n) is 10.7. The molecular formula is C14H20N2O. The van der Waals surface area contributed by atoms with Gasteiger partial charge in [-0.1, -0.05) is 18.2 Å². The third kappa shape index (κ3) is 2.60. The summed E-state index contributed by atoms with van der Waals surface area (Å²) in [7, 11) is 0. The summed E-state index contributed by atoms with van der Waals surface area (Å²) in [5.41, 5.74) is 2.21. The Morgan fingerprint density at radius 1 is 1.41 bits per heavy atom. The second-order valence-electron chi connectivity index (χ2n) is 5.08. The topological polar surface area (TPSA) is 41.1 Å². The molecule has 3 heteroatoms. The first-order valence-electron chi connectivity index (χ1n) is 6.23. The number of anilines is 1. The van der Waals surface area contributed by atoms with E-state index in [1.54, 1.807) is 0 Å². The first-order chi connectivity index (χ1) is 8.08. The van der Waals surface area contributed by atoms with Gasteiger partial charge < -0.3 is 10.6 Å². The number of hydrogen-bond acceptors (Lipinski definition) is 2. The summed E-state index contributed by atoms with van der Waals surface area (Å²) in [4.78, 5) is 12.2. The van der Waals surface area contributed by atoms with E-state index in [0.717, 1.165) is 17.7 Å². The second kappa shape index (κ2) is 4.78. The van der Waals surface area contributed by atoms with Crippen LogP contribution in [0.15, 0.2) is 24.3 Å². The molecule has 17 heavy (non-hydrogen) atoms. The van der Waals surface area contributed by atoms with Crippen LogP contribution in [-0.4, -0.2) is 18.0 Å². The lowest BCUT2D eigenvalue weighted by molar-refractivity contribution is -0.123. The van der Waals surface area contributed by atoms with Gasteiger partial charge in [0.2, 0.25) is 5.91 Å². The average molecular weight is 232 g/mol. The van der Waals surface area contributed by atoms with E-state index in [1.807, 2.05) is 38.1 Å². The van der Waals surface area contributed by atoms with Crippen LogP contribution < -0.4 is 10.6 Å². The highest BCUT2D eigenvalue weighted by Gasteiger charge is 2.29. The van der Waals surface area contributed by atoms with Gasteiger partial charge in [0.05, 0.1) is 5.92 Å². The molecule has 1 aromatic rings. The maximum Gasteiger partial charge on any atom is 0.227 e. The second-order valence-corrected chi connectivity index (χ2v) is 5.08. The SMILES string of the molecule is CC(C)NC(=O)C1CC(C)Nc2ccccc21. The summed E-state index contributed by atoms with van der Waals surface area (Å²) in [6, 6.07) is 8.61. The lowest BCUT2D eigenvalue weighted by Crippen LogP contribution is -2.38. The number of hydrogen-bond donors (Lipinski definition) is 2. The molecule has 2 unspecified atom stereocenters. The average Bonchev–Trinajstić information content (AvgIpc) is 2.26. The first-order valence-corrected chi connectivity index (χ1v) is 6.23. The minimum Gasteiger partial charge on any atom is -0.382 e. The molecule has 1 aliphatic heterocycles. The highest BCUT2D eigenvalue weighted by Crippen LogP contribution is 2.34. The van der Waals surface area contributed by atoms with Gasteiger partial charge in [-0.15, -0.1) is 0 Å². The molecule has 0 aliphatic carbocycles. The molecule has 0 bridgehead atoms. The number of carbonyl (C=O) groups excluding carboxylic acids is 1. The zero-order chi connectivity index (χ0) is 12.4. The highest BCUT2D eigenvalue weighted by atomic mass is 16.1. The first kappa shape index (κ1) is 12.0. The molecule has 2 rings (SSSR count). The van der Waals surface area contributed by atoms with Crippen LogP contribution in [0.1, 0.15) is 38.7 Å². The van der Waals surface area contributed by atoms with Crippen LogP contribution in [-0.2, 0) is 4.79 Å². The van der Waals surface area contributed by atoms with Gasteiger partial charge in [-0.25, -0.2) is 0 Å². The third-order valence-corrected chi connectivity index (χ3v) is 3.07. The quantitative estimate of drug-likeness (QED) is 0.822. The third-order valence-electron chi connectivity index (χ3n) is 3.07. The molecule has 1 amide bonds. The number of fused-ring (bicyclic) bond motifs is 1. The summed E-state index contributed by atoms with van der Waals surface area (Å²) in [5, 5.41) is 6.43. The van der Waals surface area contributed by atoms with Gasteiger partial charge in [0, 0.05) is 17.8 Å². The summed E-state index contributed by atoms with van der Waals surface area (Å²) in [6.07, 6.45) is 0.857. The van der Waals surface area contributed by atoms with Crippen molar-refractivity contribution in [2.24, 2.45) is 0 Å². The van der Waals surface area contributed by atoms with E-state index in [2.05, 4.69) is 17.6 Å². The summed E-state index contributed by atoms with van der Waals surface area (Å²) >= 11 is 0. The smallest absolute Gasteiger partial charge is 0.227 e. The number of amides is 1. The van der Waals surface area contributed by atoms with Crippen molar-refractivity contribution in [3.05, 3.63) is 29.8 Å². The van der Waals surface area contributed by atoms with Crippen molar-refractivity contribution in [3.63, 3.8) is 0 Å². The number of para-hydroxylation sites is 1. The summed E-state index contributed by atoms with van der Waals surface area (Å²) in [5.74, 6) is 0.116. The fraction of sp³-hybridized carbons (Fsp3) is 0.500. The summed E-state index contributed by atoms with van der Waals surface area (Å²) < 4.78 is 0. The van der Waals surface area contributed by atoms with E-state index in [0.29, 0.717) is 6.04 Å². The van der Waals surface area contributed by atoms with Crippen LogP contribution in [0.25, 0.3) is 0 Å². The van der Waals surface area contributed by atoms with E-state index in [4.69, 9.17) is 0 Å². The largest absolute Gasteiger partial charge is 0.382 e. The zero-order valence-corrected chi connectivity index (χ0v) is 10.7. The predicted molar refractivity (Wildman–Crippen MR) is 70.2 cm³/mol. The molecule has 0 saturated heterocycles. The van der Waals surface area contributed by atoms with Gasteiger partial charge >= 0.3 is 0 Å². The molecule has 0 aromatic heterocycles. The molecule has 0 saturated carbocycles. The number of nitrogens with one attached hydrogen (secondary N) is 2. The van der Waals surface area contributed by atoms with Crippen molar-refractivity contribution in [2.75, 3.05) is 5.32 Å². The highest BCUT2D eigenvalue weighted by molar-refractivity contribution is 5.86. The van der Waals surface area contributed by atoms with Crippen LogP contribution in [0.2, 0.25) is 0 Å². The van der Waals surface area contributed by atoms with Crippen molar-refractivity contribution in [1.29, 1.82) is 0 Å². The van der Waals surface area contributed by atoms with Gasteiger partial charge in [0.25, 0.3) is 0 Å². The fourth-order valence-corrected chi connectivity index (χ4v) is 2.37. The minimum atomic E-state index is -0.0233. The maximum absolute atomic E-state index is 12.2. The van der Waals surface area contributed by atoms with Gasteiger partial charge in [-0.2, -0.15) is 0 Å². The Bertz CT molecular complexity index is 414. The molecule has 1 aliphatic rings. The van der Waals surface area contributed by atoms with E-state index in [9.17, 15) is 4.79 Å². The van der Waals surface area contributed by atoms with Gasteiger partial charge in [0.1, 0.15) is 0 Å². The monoisotopic (exact) mass is 232 g/mol. The lowest BCUT2D eigenvalue weighted by atomic mass is 9.86. The van der Waals surface area contributed by atoms with Crippen LogP contribution in [0.3, 0.4) is 0 Å². The molecule has 92 valence electrons. The van der Waals surface area contributed by atoms with Crippen molar-refractivity contribution < 1.29 is 4.79 Å². The Morgan fingerprint density at radius 3 is 2.82 bits per heavy atom. The van der Waals surface area contributed by atoms with E-state index in [1.165, 1.54) is 0 Å². The number of rotatable bonds is 2. The Labute approximate surface area is 103 Å². The van der Waals surface area contributed by atoms with E-state index >= 15 is 0 Å². The van der Waals surface area contributed by atoms with Crippen LogP contribution >= 0.6 is 0 Å². The Kier molecular flexibility index (Phi) is 3.36. The predicted octanol–water partition coefficient (Wildman–Crippen LogP) is 2.50. The van der Waals surface area contributed by atoms with Crippen molar-refractivity contribution in [3.8, 4) is 0 Å². The van der Waals surface area contributed by atoms with Gasteiger partial charge in [-0.3, -0.25) is 4.79 Å². The standard InChI is InChI=1S/C14H20N2O/c1-9(2)15-14(17)12-8-10(3)16-13-7-5-4-6-11(12)13/h4-7,9-10,12,16H,8H2,1-3H3,(H,15,17). The molecule has 0 spiro atoms. The van der Waals surface area contributed by atoms with E-state index < -0.39 is 0 Å². The number of carbonyl (C=O) groups is 1.